The first-order valence-corrected chi connectivity index (χ1v) is 2.96. The summed E-state index contributed by atoms with van der Waals surface area (Å²) in [4.78, 5) is 0. The summed E-state index contributed by atoms with van der Waals surface area (Å²) in [5.41, 5.74) is 2.88. The Morgan fingerprint density at radius 1 is 1.25 bits per heavy atom. The summed E-state index contributed by atoms with van der Waals surface area (Å²) in [6.45, 7) is 0. The van der Waals surface area contributed by atoms with E-state index < -0.39 is 0 Å². The van der Waals surface area contributed by atoms with Gasteiger partial charge in [0.1, 0.15) is 5.76 Å². The third-order valence-electron chi connectivity index (χ3n) is 1.23. The van der Waals surface area contributed by atoms with Crippen LogP contribution in [0.25, 0.3) is 0 Å². The maximum atomic E-state index is 4.99. The van der Waals surface area contributed by atoms with E-state index in [9.17, 15) is 0 Å². The molecule has 0 N–H and O–H groups in total. The minimum atomic E-state index is 0. The molecule has 1 aliphatic rings. The molecule has 63 valence electrons. The Labute approximate surface area is 102 Å². The maximum absolute atomic E-state index is 4.99. The molecule has 0 unspecified atom stereocenters. The molecule has 1 rings (SSSR count). The van der Waals surface area contributed by atoms with Crippen LogP contribution in [0.2, 0.25) is 0 Å². The fourth-order valence-electron chi connectivity index (χ4n) is 0.729. The molecule has 0 aliphatic heterocycles. The molecule has 2 nitrogen and oxygen atoms in total. The van der Waals surface area contributed by atoms with Crippen LogP contribution < -0.4 is 24.0 Å². The molecule has 12 heavy (non-hydrogen) atoms. The van der Waals surface area contributed by atoms with Crippen molar-refractivity contribution in [2.45, 2.75) is 0 Å². The summed E-state index contributed by atoms with van der Waals surface area (Å²) in [7, 11) is 3.21. The Morgan fingerprint density at radius 3 is 2.33 bits per heavy atom. The van der Waals surface area contributed by atoms with Crippen molar-refractivity contribution >= 4 is 0 Å². The predicted octanol–water partition coefficient (Wildman–Crippen LogP) is -1.58. The number of hydrogen-bond acceptors (Lipinski definition) is 2. The molecule has 0 amide bonds. The Morgan fingerprint density at radius 2 is 1.92 bits per heavy atom. The van der Waals surface area contributed by atoms with Gasteiger partial charge >= 0.3 is 0 Å². The molecule has 0 saturated carbocycles. The fraction of sp³-hybridized carbons (Fsp3) is 0.250. The van der Waals surface area contributed by atoms with E-state index in [1.807, 2.05) is 0 Å². The van der Waals surface area contributed by atoms with Gasteiger partial charge in [-0.05, 0) is 12.2 Å². The molecule has 0 spiro atoms. The molecule has 0 aromatic heterocycles. The van der Waals surface area contributed by atoms with Gasteiger partial charge in [0, 0.05) is 32.7 Å². The van der Waals surface area contributed by atoms with E-state index in [2.05, 4.69) is 5.73 Å². The molecule has 1 radical (unpaired) electrons. The third kappa shape index (κ3) is 3.86. The molecular weight excluding hydrogens is 320 g/mol. The van der Waals surface area contributed by atoms with E-state index in [4.69, 9.17) is 9.47 Å². The first kappa shape index (κ1) is 14.9. The zero-order chi connectivity index (χ0) is 7.40. The van der Waals surface area contributed by atoms with Gasteiger partial charge in [-0.2, -0.15) is 0 Å². The van der Waals surface area contributed by atoms with Crippen molar-refractivity contribution in [3.8, 4) is 0 Å². The van der Waals surface area contributed by atoms with Crippen molar-refractivity contribution in [3.05, 3.63) is 35.8 Å². The fourth-order valence-corrected chi connectivity index (χ4v) is 0.729. The topological polar surface area (TPSA) is 18.5 Å². The summed E-state index contributed by atoms with van der Waals surface area (Å²) >= 11 is 0. The molecule has 0 bridgehead atoms. The zero-order valence-corrected chi connectivity index (χ0v) is 12.3. The second-order valence-electron chi connectivity index (χ2n) is 1.78. The summed E-state index contributed by atoms with van der Waals surface area (Å²) in [6, 6.07) is 0. The second kappa shape index (κ2) is 7.99. The van der Waals surface area contributed by atoms with E-state index in [0.29, 0.717) is 6.10 Å². The van der Waals surface area contributed by atoms with E-state index in [0.717, 1.165) is 5.76 Å². The number of allylic oxidation sites excluding steroid dienone is 1. The van der Waals surface area contributed by atoms with Gasteiger partial charge in [-0.15, -0.1) is 5.73 Å². The summed E-state index contributed by atoms with van der Waals surface area (Å²) in [6.07, 6.45) is 6.03. The second-order valence-corrected chi connectivity index (χ2v) is 1.78. The van der Waals surface area contributed by atoms with Gasteiger partial charge < -0.3 is 33.5 Å². The molecule has 1 aliphatic carbocycles. The summed E-state index contributed by atoms with van der Waals surface area (Å²) in [5.74, 6) is 0.737. The number of rotatable bonds is 2. The van der Waals surface area contributed by atoms with E-state index >= 15 is 0 Å². The van der Waals surface area contributed by atoms with Crippen molar-refractivity contribution in [3.63, 3.8) is 0 Å². The van der Waals surface area contributed by atoms with Crippen LogP contribution in [0.15, 0.2) is 29.7 Å². The maximum Gasteiger partial charge on any atom is 0.190 e. The van der Waals surface area contributed by atoms with Crippen molar-refractivity contribution in [1.82, 2.24) is 0 Å². The molecule has 0 heterocycles. The number of methoxy groups -OCH3 is 2. The normalized spacial score (nSPS) is 14.3. The van der Waals surface area contributed by atoms with E-state index in [1.54, 1.807) is 32.4 Å². The number of hydrogen-bond donors (Lipinski definition) is 0. The third-order valence-corrected chi connectivity index (χ3v) is 1.23. The van der Waals surface area contributed by atoms with Gasteiger partial charge in [-0.1, -0.05) is 0 Å². The van der Waals surface area contributed by atoms with Crippen LogP contribution in [0.1, 0.15) is 0 Å². The molecule has 0 saturated heterocycles. The molecular formula is C8H9IO2Zn-. The quantitative estimate of drug-likeness (QED) is 0.346. The first-order chi connectivity index (χ1) is 4.88. The minimum absolute atomic E-state index is 0. The van der Waals surface area contributed by atoms with Gasteiger partial charge in [0.15, 0.2) is 6.10 Å². The SMILES string of the molecule is CO[C]1C=C=CC=C1OC.[I-].[Zn]. The van der Waals surface area contributed by atoms with E-state index in [-0.39, 0.29) is 43.5 Å². The Kier molecular flexibility index (Phi) is 9.91. The average molecular weight is 329 g/mol. The monoisotopic (exact) mass is 328 g/mol. The molecule has 0 fully saturated rings. The van der Waals surface area contributed by atoms with Gasteiger partial charge in [-0.3, -0.25) is 0 Å². The number of halogens is 1. The van der Waals surface area contributed by atoms with Crippen molar-refractivity contribution in [2.75, 3.05) is 14.2 Å². The van der Waals surface area contributed by atoms with Gasteiger partial charge in [0.2, 0.25) is 0 Å². The summed E-state index contributed by atoms with van der Waals surface area (Å²) < 4.78 is 9.97. The van der Waals surface area contributed by atoms with Crippen LogP contribution in [0.4, 0.5) is 0 Å². The van der Waals surface area contributed by atoms with Crippen LogP contribution in [0, 0.1) is 6.10 Å². The molecule has 4 heteroatoms. The standard InChI is InChI=1S/C8H9O2.HI.Zn/c1-9-7-5-3-4-6-8(7)10-2;;/h3,5-6H,1-2H3;1H;/p-1. The Bertz CT molecular complexity index is 207. The van der Waals surface area contributed by atoms with Crippen LogP contribution in [-0.2, 0) is 29.0 Å². The van der Waals surface area contributed by atoms with Crippen LogP contribution >= 0.6 is 0 Å². The average Bonchev–Trinajstić information content (AvgIpc) is 2.04. The van der Waals surface area contributed by atoms with Gasteiger partial charge in [0.25, 0.3) is 0 Å². The van der Waals surface area contributed by atoms with Gasteiger partial charge in [-0.25, -0.2) is 0 Å². The molecule has 0 aromatic carbocycles. The smallest absolute Gasteiger partial charge is 0.190 e. The Hall–Kier alpha value is 0.373. The van der Waals surface area contributed by atoms with E-state index in [1.165, 1.54) is 0 Å². The van der Waals surface area contributed by atoms with Crippen LogP contribution in [-0.4, -0.2) is 14.2 Å². The summed E-state index contributed by atoms with van der Waals surface area (Å²) in [5, 5.41) is 0. The first-order valence-electron chi connectivity index (χ1n) is 2.96. The molecule has 0 atom stereocenters. The van der Waals surface area contributed by atoms with Crippen LogP contribution in [0.5, 0.6) is 0 Å². The van der Waals surface area contributed by atoms with Crippen LogP contribution in [0.3, 0.4) is 0 Å². The van der Waals surface area contributed by atoms with Gasteiger partial charge in [0.05, 0.1) is 7.11 Å². The zero-order valence-electron chi connectivity index (χ0n) is 7.13. The predicted molar refractivity (Wildman–Crippen MR) is 38.0 cm³/mol. The number of ether oxygens (including phenoxy) is 2. The molecule has 0 aromatic rings. The van der Waals surface area contributed by atoms with Crippen molar-refractivity contribution < 1.29 is 52.9 Å². The van der Waals surface area contributed by atoms with Crippen molar-refractivity contribution in [1.29, 1.82) is 0 Å². The van der Waals surface area contributed by atoms with Crippen molar-refractivity contribution in [2.24, 2.45) is 0 Å². The largest absolute Gasteiger partial charge is 1.00 e. The minimum Gasteiger partial charge on any atom is -1.00 e. The Balaban J connectivity index is 0.